The van der Waals surface area contributed by atoms with Crippen LogP contribution in [0.1, 0.15) is 11.1 Å². The summed E-state index contributed by atoms with van der Waals surface area (Å²) in [6.45, 7) is 2.58. The molecule has 5 nitrogen and oxygen atoms in total. The molecule has 0 saturated carbocycles. The molecule has 3 rings (SSSR count). The summed E-state index contributed by atoms with van der Waals surface area (Å²) in [5.41, 5.74) is 9.79. The number of anilines is 1. The van der Waals surface area contributed by atoms with Gasteiger partial charge in [0.25, 0.3) is 0 Å². The van der Waals surface area contributed by atoms with Gasteiger partial charge in [0.2, 0.25) is 0 Å². The van der Waals surface area contributed by atoms with Crippen LogP contribution in [0.15, 0.2) is 46.9 Å². The Morgan fingerprint density at radius 2 is 2.05 bits per heavy atom. The van der Waals surface area contributed by atoms with Crippen LogP contribution < -0.4 is 5.73 Å². The van der Waals surface area contributed by atoms with Gasteiger partial charge in [0.15, 0.2) is 5.82 Å². The predicted octanol–water partition coefficient (Wildman–Crippen LogP) is 3.04. The average molecular weight is 344 g/mol. The van der Waals surface area contributed by atoms with Crippen molar-refractivity contribution in [2.45, 2.75) is 13.5 Å². The molecule has 1 heterocycles. The number of tetrazole rings is 1. The zero-order valence-corrected chi connectivity index (χ0v) is 13.1. The largest absolute Gasteiger partial charge is 0.398 e. The van der Waals surface area contributed by atoms with Crippen molar-refractivity contribution in [3.05, 3.63) is 58.1 Å². The number of hydrogen-bond donors (Lipinski definition) is 1. The van der Waals surface area contributed by atoms with E-state index in [1.165, 1.54) is 0 Å². The van der Waals surface area contributed by atoms with Crippen LogP contribution in [0.4, 0.5) is 5.69 Å². The molecule has 2 aromatic carbocycles. The number of halogens is 1. The van der Waals surface area contributed by atoms with E-state index in [1.807, 2.05) is 43.3 Å². The molecular weight excluding hydrogens is 330 g/mol. The van der Waals surface area contributed by atoms with Gasteiger partial charge in [0.1, 0.15) is 0 Å². The van der Waals surface area contributed by atoms with Gasteiger partial charge in [-0.1, -0.05) is 40.2 Å². The van der Waals surface area contributed by atoms with Gasteiger partial charge in [-0.15, -0.1) is 5.10 Å². The lowest BCUT2D eigenvalue weighted by atomic mass is 10.1. The summed E-state index contributed by atoms with van der Waals surface area (Å²) in [6.07, 6.45) is 0. The van der Waals surface area contributed by atoms with Crippen LogP contribution >= 0.6 is 15.9 Å². The van der Waals surface area contributed by atoms with Gasteiger partial charge in [-0.2, -0.15) is 0 Å². The van der Waals surface area contributed by atoms with Gasteiger partial charge in [-0.05, 0) is 46.7 Å². The highest BCUT2D eigenvalue weighted by Crippen LogP contribution is 2.22. The van der Waals surface area contributed by atoms with E-state index in [4.69, 9.17) is 5.73 Å². The zero-order chi connectivity index (χ0) is 14.8. The van der Waals surface area contributed by atoms with E-state index in [1.54, 1.807) is 4.68 Å². The number of rotatable bonds is 3. The molecule has 0 saturated heterocycles. The zero-order valence-electron chi connectivity index (χ0n) is 11.5. The van der Waals surface area contributed by atoms with E-state index in [0.717, 1.165) is 26.9 Å². The van der Waals surface area contributed by atoms with E-state index >= 15 is 0 Å². The predicted molar refractivity (Wildman–Crippen MR) is 85.6 cm³/mol. The summed E-state index contributed by atoms with van der Waals surface area (Å²) >= 11 is 3.47. The van der Waals surface area contributed by atoms with Crippen LogP contribution in [0.3, 0.4) is 0 Å². The molecule has 21 heavy (non-hydrogen) atoms. The molecule has 3 aromatic rings. The summed E-state index contributed by atoms with van der Waals surface area (Å²) in [6, 6.07) is 13.9. The first kappa shape index (κ1) is 13.8. The molecule has 6 heteroatoms. The third-order valence-electron chi connectivity index (χ3n) is 3.29. The third kappa shape index (κ3) is 2.95. The SMILES string of the molecule is Cc1ccc(-c2nnnn2Cc2cccc(Br)c2)cc1N. The standard InChI is InChI=1S/C15H14BrN5/c1-10-5-6-12(8-14(10)17)15-18-19-20-21(15)9-11-3-2-4-13(16)7-11/h2-8H,9,17H2,1H3. The van der Waals surface area contributed by atoms with Crippen molar-refractivity contribution >= 4 is 21.6 Å². The van der Waals surface area contributed by atoms with Crippen molar-refractivity contribution in [3.63, 3.8) is 0 Å². The minimum absolute atomic E-state index is 0.607. The molecule has 0 bridgehead atoms. The Hall–Kier alpha value is -2.21. The van der Waals surface area contributed by atoms with Crippen molar-refractivity contribution in [3.8, 4) is 11.4 Å². The maximum absolute atomic E-state index is 5.97. The highest BCUT2D eigenvalue weighted by Gasteiger charge is 2.10. The molecule has 0 radical (unpaired) electrons. The third-order valence-corrected chi connectivity index (χ3v) is 3.78. The van der Waals surface area contributed by atoms with Crippen molar-refractivity contribution in [2.24, 2.45) is 0 Å². The van der Waals surface area contributed by atoms with Gasteiger partial charge in [-0.3, -0.25) is 0 Å². The highest BCUT2D eigenvalue weighted by atomic mass is 79.9. The Labute approximate surface area is 130 Å². The van der Waals surface area contributed by atoms with Crippen LogP contribution in [-0.4, -0.2) is 20.2 Å². The van der Waals surface area contributed by atoms with E-state index in [9.17, 15) is 0 Å². The molecule has 0 aliphatic heterocycles. The van der Waals surface area contributed by atoms with Crippen LogP contribution in [0.25, 0.3) is 11.4 Å². The van der Waals surface area contributed by atoms with Crippen molar-refractivity contribution in [2.75, 3.05) is 5.73 Å². The van der Waals surface area contributed by atoms with Gasteiger partial charge >= 0.3 is 0 Å². The molecule has 0 aliphatic carbocycles. The number of aryl methyl sites for hydroxylation is 1. The fourth-order valence-electron chi connectivity index (χ4n) is 2.11. The van der Waals surface area contributed by atoms with E-state index < -0.39 is 0 Å². The maximum Gasteiger partial charge on any atom is 0.182 e. The van der Waals surface area contributed by atoms with Gasteiger partial charge < -0.3 is 5.73 Å². The van der Waals surface area contributed by atoms with Crippen molar-refractivity contribution < 1.29 is 0 Å². The van der Waals surface area contributed by atoms with Gasteiger partial charge in [-0.25, -0.2) is 4.68 Å². The van der Waals surface area contributed by atoms with Crippen molar-refractivity contribution in [1.82, 2.24) is 20.2 Å². The van der Waals surface area contributed by atoms with Gasteiger partial charge in [0, 0.05) is 15.7 Å². The molecule has 0 spiro atoms. The smallest absolute Gasteiger partial charge is 0.182 e. The molecule has 1 aromatic heterocycles. The van der Waals surface area contributed by atoms with E-state index in [-0.39, 0.29) is 0 Å². The van der Waals surface area contributed by atoms with E-state index in [0.29, 0.717) is 12.4 Å². The lowest BCUT2D eigenvalue weighted by molar-refractivity contribution is 0.653. The molecule has 0 unspecified atom stereocenters. The lowest BCUT2D eigenvalue weighted by Gasteiger charge is -2.07. The number of nitrogens with two attached hydrogens (primary N) is 1. The Bertz CT molecular complexity index is 781. The Morgan fingerprint density at radius 1 is 1.19 bits per heavy atom. The fraction of sp³-hybridized carbons (Fsp3) is 0.133. The first-order valence-corrected chi connectivity index (χ1v) is 7.30. The Kier molecular flexibility index (Phi) is 3.70. The van der Waals surface area contributed by atoms with Crippen LogP contribution in [-0.2, 0) is 6.54 Å². The number of hydrogen-bond acceptors (Lipinski definition) is 4. The summed E-state index contributed by atoms with van der Waals surface area (Å²) in [5, 5.41) is 12.0. The molecule has 106 valence electrons. The summed E-state index contributed by atoms with van der Waals surface area (Å²) in [4.78, 5) is 0. The second-order valence-electron chi connectivity index (χ2n) is 4.86. The van der Waals surface area contributed by atoms with Crippen molar-refractivity contribution in [1.29, 1.82) is 0 Å². The van der Waals surface area contributed by atoms with E-state index in [2.05, 4.69) is 37.5 Å². The lowest BCUT2D eigenvalue weighted by Crippen LogP contribution is -2.04. The minimum atomic E-state index is 0.607. The highest BCUT2D eigenvalue weighted by molar-refractivity contribution is 9.10. The monoisotopic (exact) mass is 343 g/mol. The molecule has 0 aliphatic rings. The summed E-state index contributed by atoms with van der Waals surface area (Å²) < 4.78 is 2.81. The Balaban J connectivity index is 1.95. The topological polar surface area (TPSA) is 69.6 Å². The first-order chi connectivity index (χ1) is 10.1. The summed E-state index contributed by atoms with van der Waals surface area (Å²) in [7, 11) is 0. The number of benzene rings is 2. The molecule has 0 amide bonds. The molecular formula is C15H14BrN5. The fourth-order valence-corrected chi connectivity index (χ4v) is 2.55. The molecule has 0 atom stereocenters. The second kappa shape index (κ2) is 5.65. The Morgan fingerprint density at radius 3 is 2.81 bits per heavy atom. The van der Waals surface area contributed by atoms with Crippen LogP contribution in [0.5, 0.6) is 0 Å². The normalized spacial score (nSPS) is 10.8. The number of nitrogen functional groups attached to an aromatic ring is 1. The first-order valence-electron chi connectivity index (χ1n) is 6.50. The number of nitrogens with zero attached hydrogens (tertiary/aromatic N) is 4. The maximum atomic E-state index is 5.97. The van der Waals surface area contributed by atoms with Crippen LogP contribution in [0.2, 0.25) is 0 Å². The quantitative estimate of drug-likeness (QED) is 0.742. The van der Waals surface area contributed by atoms with Gasteiger partial charge in [0.05, 0.1) is 6.54 Å². The summed E-state index contributed by atoms with van der Waals surface area (Å²) in [5.74, 6) is 0.710. The molecule has 0 fully saturated rings. The average Bonchev–Trinajstić information content (AvgIpc) is 2.90. The number of aromatic nitrogens is 4. The molecule has 2 N–H and O–H groups in total. The minimum Gasteiger partial charge on any atom is -0.398 e. The van der Waals surface area contributed by atoms with Crippen LogP contribution in [0, 0.1) is 6.92 Å². The second-order valence-corrected chi connectivity index (χ2v) is 5.78.